The molecule has 0 N–H and O–H groups in total. The molecule has 8 heteroatoms. The summed E-state index contributed by atoms with van der Waals surface area (Å²) in [5.41, 5.74) is 3.96. The van der Waals surface area contributed by atoms with Crippen LogP contribution in [0.5, 0.6) is 5.75 Å². The zero-order valence-electron chi connectivity index (χ0n) is 21.4. The third kappa shape index (κ3) is 5.42. The van der Waals surface area contributed by atoms with Crippen molar-refractivity contribution in [2.24, 2.45) is 0 Å². The molecule has 0 radical (unpaired) electrons. The Labute approximate surface area is 227 Å². The van der Waals surface area contributed by atoms with Crippen LogP contribution in [0.2, 0.25) is 0 Å². The van der Waals surface area contributed by atoms with E-state index in [0.717, 1.165) is 23.1 Å². The maximum absolute atomic E-state index is 13.7. The minimum absolute atomic E-state index is 0.00638. The number of para-hydroxylation sites is 1. The zero-order chi connectivity index (χ0) is 27.4. The fraction of sp³-hybridized carbons (Fsp3) is 0.161. The van der Waals surface area contributed by atoms with Crippen LogP contribution in [0, 0.1) is 0 Å². The predicted molar refractivity (Wildman–Crippen MR) is 149 cm³/mol. The summed E-state index contributed by atoms with van der Waals surface area (Å²) in [5, 5.41) is 0. The monoisotopic (exact) mass is 541 g/mol. The standard InChI is InChI=1S/C31H27NO6S/c1-37-29-18-17-26(20-30(29)39(35,36)32-19-7-11-24-10-5-6-12-27(24)32)31(34)38-21-28(33)25-15-13-23(14-16-25)22-8-3-2-4-9-22/h2-6,8-10,12-18,20H,7,11,19,21H2,1H3. The van der Waals surface area contributed by atoms with Crippen LogP contribution in [0.25, 0.3) is 11.1 Å². The molecule has 0 amide bonds. The number of methoxy groups -OCH3 is 1. The van der Waals surface area contributed by atoms with Crippen molar-refractivity contribution >= 4 is 27.5 Å². The molecule has 0 saturated heterocycles. The Hall–Kier alpha value is -4.43. The molecule has 0 unspecified atom stereocenters. The number of ketones is 1. The normalized spacial score (nSPS) is 12.9. The predicted octanol–water partition coefficient (Wildman–Crippen LogP) is 5.54. The number of esters is 1. The average molecular weight is 542 g/mol. The van der Waals surface area contributed by atoms with Gasteiger partial charge in [-0.3, -0.25) is 9.10 Å². The van der Waals surface area contributed by atoms with E-state index < -0.39 is 22.6 Å². The highest BCUT2D eigenvalue weighted by Gasteiger charge is 2.32. The lowest BCUT2D eigenvalue weighted by Crippen LogP contribution is -2.35. The fourth-order valence-corrected chi connectivity index (χ4v) is 6.38. The molecule has 0 fully saturated rings. The molecule has 0 aromatic heterocycles. The van der Waals surface area contributed by atoms with E-state index in [4.69, 9.17) is 9.47 Å². The van der Waals surface area contributed by atoms with Crippen LogP contribution in [0.1, 0.15) is 32.7 Å². The van der Waals surface area contributed by atoms with Crippen LogP contribution in [0.3, 0.4) is 0 Å². The molecular weight excluding hydrogens is 514 g/mol. The van der Waals surface area contributed by atoms with E-state index in [9.17, 15) is 18.0 Å². The Morgan fingerprint density at radius 2 is 1.49 bits per heavy atom. The van der Waals surface area contributed by atoms with Gasteiger partial charge in [-0.15, -0.1) is 0 Å². The molecule has 1 heterocycles. The van der Waals surface area contributed by atoms with Gasteiger partial charge in [-0.25, -0.2) is 13.2 Å². The summed E-state index contributed by atoms with van der Waals surface area (Å²) in [6.07, 6.45) is 1.46. The highest BCUT2D eigenvalue weighted by molar-refractivity contribution is 7.93. The molecule has 4 aromatic rings. The van der Waals surface area contributed by atoms with Gasteiger partial charge in [0.15, 0.2) is 12.4 Å². The van der Waals surface area contributed by atoms with Gasteiger partial charge in [-0.2, -0.15) is 0 Å². The van der Waals surface area contributed by atoms with Gasteiger partial charge in [0.05, 0.1) is 18.4 Å². The van der Waals surface area contributed by atoms with Crippen LogP contribution >= 0.6 is 0 Å². The number of carbonyl (C=O) groups is 2. The van der Waals surface area contributed by atoms with E-state index in [1.54, 1.807) is 24.3 Å². The number of anilines is 1. The lowest BCUT2D eigenvalue weighted by molar-refractivity contribution is 0.0474. The molecule has 0 bridgehead atoms. The number of ether oxygens (including phenoxy) is 2. The average Bonchev–Trinajstić information content (AvgIpc) is 2.99. The molecule has 0 spiro atoms. The second kappa shape index (κ2) is 11.1. The first-order valence-corrected chi connectivity index (χ1v) is 14.0. The van der Waals surface area contributed by atoms with Gasteiger partial charge in [-0.1, -0.05) is 72.8 Å². The first kappa shape index (κ1) is 26.2. The molecule has 0 aliphatic carbocycles. The van der Waals surface area contributed by atoms with Gasteiger partial charge in [0, 0.05) is 12.1 Å². The number of rotatable bonds is 8. The third-order valence-electron chi connectivity index (χ3n) is 6.68. The molecule has 7 nitrogen and oxygen atoms in total. The number of aryl methyl sites for hydroxylation is 1. The van der Waals surface area contributed by atoms with Crippen molar-refractivity contribution in [1.82, 2.24) is 0 Å². The lowest BCUT2D eigenvalue weighted by Gasteiger charge is -2.30. The van der Waals surface area contributed by atoms with Crippen molar-refractivity contribution in [3.63, 3.8) is 0 Å². The Morgan fingerprint density at radius 1 is 0.821 bits per heavy atom. The number of hydrogen-bond acceptors (Lipinski definition) is 6. The second-order valence-electron chi connectivity index (χ2n) is 9.12. The van der Waals surface area contributed by atoms with Gasteiger partial charge < -0.3 is 9.47 Å². The maximum atomic E-state index is 13.7. The van der Waals surface area contributed by atoms with Crippen LogP contribution in [-0.4, -0.2) is 40.4 Å². The highest BCUT2D eigenvalue weighted by atomic mass is 32.2. The summed E-state index contributed by atoms with van der Waals surface area (Å²) in [6, 6.07) is 28.3. The van der Waals surface area contributed by atoms with Crippen LogP contribution < -0.4 is 9.04 Å². The Kier molecular flexibility index (Phi) is 7.47. The van der Waals surface area contributed by atoms with Gasteiger partial charge in [-0.05, 0) is 53.8 Å². The number of nitrogens with zero attached hydrogens (tertiary/aromatic N) is 1. The summed E-state index contributed by atoms with van der Waals surface area (Å²) >= 11 is 0. The topological polar surface area (TPSA) is 90.0 Å². The van der Waals surface area contributed by atoms with Crippen molar-refractivity contribution in [3.8, 4) is 16.9 Å². The minimum Gasteiger partial charge on any atom is -0.495 e. The van der Waals surface area contributed by atoms with E-state index in [0.29, 0.717) is 24.2 Å². The molecule has 4 aromatic carbocycles. The quantitative estimate of drug-likeness (QED) is 0.215. The van der Waals surface area contributed by atoms with Crippen LogP contribution in [0.15, 0.2) is 102 Å². The first-order chi connectivity index (χ1) is 18.9. The summed E-state index contributed by atoms with van der Waals surface area (Å²) < 4.78 is 39.4. The van der Waals surface area contributed by atoms with E-state index in [2.05, 4.69) is 0 Å². The van der Waals surface area contributed by atoms with Crippen LogP contribution in [0.4, 0.5) is 5.69 Å². The number of hydrogen-bond donors (Lipinski definition) is 0. The van der Waals surface area contributed by atoms with Gasteiger partial charge in [0.2, 0.25) is 0 Å². The van der Waals surface area contributed by atoms with Crippen molar-refractivity contribution in [1.29, 1.82) is 0 Å². The summed E-state index contributed by atoms with van der Waals surface area (Å²) in [4.78, 5) is 25.4. The smallest absolute Gasteiger partial charge is 0.338 e. The van der Waals surface area contributed by atoms with Crippen LogP contribution in [-0.2, 0) is 21.2 Å². The largest absolute Gasteiger partial charge is 0.495 e. The van der Waals surface area contributed by atoms with Gasteiger partial charge in [0.1, 0.15) is 10.6 Å². The Bertz CT molecular complexity index is 1610. The Morgan fingerprint density at radius 3 is 2.23 bits per heavy atom. The summed E-state index contributed by atoms with van der Waals surface area (Å²) in [6.45, 7) is -0.161. The fourth-order valence-electron chi connectivity index (χ4n) is 4.65. The lowest BCUT2D eigenvalue weighted by atomic mass is 10.0. The molecule has 1 aliphatic heterocycles. The first-order valence-electron chi connectivity index (χ1n) is 12.5. The maximum Gasteiger partial charge on any atom is 0.338 e. The van der Waals surface area contributed by atoms with Crippen molar-refractivity contribution in [2.75, 3.05) is 24.6 Å². The SMILES string of the molecule is COc1ccc(C(=O)OCC(=O)c2ccc(-c3ccccc3)cc2)cc1S(=O)(=O)N1CCCc2ccccc21. The van der Waals surface area contributed by atoms with E-state index >= 15 is 0 Å². The van der Waals surface area contributed by atoms with Gasteiger partial charge >= 0.3 is 5.97 Å². The second-order valence-corrected chi connectivity index (χ2v) is 10.9. The van der Waals surface area contributed by atoms with Crippen molar-refractivity contribution in [3.05, 3.63) is 114 Å². The molecule has 0 atom stereocenters. The number of benzene rings is 4. The molecule has 198 valence electrons. The number of carbonyl (C=O) groups excluding carboxylic acids is 2. The number of sulfonamides is 1. The van der Waals surface area contributed by atoms with Gasteiger partial charge in [0.25, 0.3) is 10.0 Å². The van der Waals surface area contributed by atoms with Crippen molar-refractivity contribution < 1.29 is 27.5 Å². The highest BCUT2D eigenvalue weighted by Crippen LogP contribution is 2.35. The number of fused-ring (bicyclic) bond motifs is 1. The molecule has 5 rings (SSSR count). The van der Waals surface area contributed by atoms with Crippen molar-refractivity contribution in [2.45, 2.75) is 17.7 Å². The molecule has 39 heavy (non-hydrogen) atoms. The number of Topliss-reactive ketones (excluding diaryl/α,β-unsaturated/α-hetero) is 1. The van der Waals surface area contributed by atoms with E-state index in [-0.39, 0.29) is 22.0 Å². The van der Waals surface area contributed by atoms with E-state index in [1.807, 2.05) is 54.6 Å². The summed E-state index contributed by atoms with van der Waals surface area (Å²) in [5.74, 6) is -1.05. The zero-order valence-corrected chi connectivity index (χ0v) is 22.2. The molecule has 0 saturated carbocycles. The Balaban J connectivity index is 1.32. The van der Waals surface area contributed by atoms with E-state index in [1.165, 1.54) is 29.6 Å². The minimum atomic E-state index is -4.04. The molecule has 1 aliphatic rings. The molecular formula is C31H27NO6S. The third-order valence-corrected chi connectivity index (χ3v) is 8.52. The summed E-state index contributed by atoms with van der Waals surface area (Å²) in [7, 11) is -2.67.